The summed E-state index contributed by atoms with van der Waals surface area (Å²) in [7, 11) is 0. The van der Waals surface area contributed by atoms with E-state index in [1.807, 2.05) is 17.4 Å². The number of ether oxygens (including phenoxy) is 1. The van der Waals surface area contributed by atoms with E-state index >= 15 is 0 Å². The second-order valence-electron chi connectivity index (χ2n) is 9.78. The van der Waals surface area contributed by atoms with Gasteiger partial charge in [-0.2, -0.15) is 13.2 Å². The molecule has 0 saturated carbocycles. The third-order valence-electron chi connectivity index (χ3n) is 6.41. The third kappa shape index (κ3) is 7.96. The minimum Gasteiger partial charge on any atom is -0.487 e. The lowest BCUT2D eigenvalue weighted by Crippen LogP contribution is -2.50. The Bertz CT molecular complexity index is 1000. The Labute approximate surface area is 213 Å². The molecule has 3 heterocycles. The van der Waals surface area contributed by atoms with Gasteiger partial charge in [0, 0.05) is 43.4 Å². The molecule has 1 amide bonds. The predicted molar refractivity (Wildman–Crippen MR) is 132 cm³/mol. The molecule has 2 aromatic rings. The molecule has 6 nitrogen and oxygen atoms in total. The van der Waals surface area contributed by atoms with Crippen LogP contribution in [0.4, 0.5) is 13.2 Å². The Hall–Kier alpha value is -2.59. The second-order valence-corrected chi connectivity index (χ2v) is 10.8. The number of carboxylic acids is 1. The number of alkyl halides is 3. The zero-order valence-corrected chi connectivity index (χ0v) is 21.3. The summed E-state index contributed by atoms with van der Waals surface area (Å²) in [5, 5.41) is 12.4. The summed E-state index contributed by atoms with van der Waals surface area (Å²) in [5.74, 6) is -0.916. The van der Waals surface area contributed by atoms with Gasteiger partial charge in [0.25, 0.3) is 0 Å². The number of carboxylic acid groups (broad SMARTS) is 1. The molecule has 1 saturated heterocycles. The van der Waals surface area contributed by atoms with E-state index < -0.39 is 12.1 Å². The van der Waals surface area contributed by atoms with Crippen LogP contribution in [0.3, 0.4) is 0 Å². The molecule has 1 aromatic heterocycles. The van der Waals surface area contributed by atoms with Gasteiger partial charge in [-0.1, -0.05) is 38.1 Å². The fourth-order valence-corrected chi connectivity index (χ4v) is 5.33. The van der Waals surface area contributed by atoms with Gasteiger partial charge in [-0.05, 0) is 48.3 Å². The van der Waals surface area contributed by atoms with Gasteiger partial charge >= 0.3 is 12.1 Å². The number of piperidine rings is 1. The largest absolute Gasteiger partial charge is 0.490 e. The molecule has 198 valence electrons. The first-order chi connectivity index (χ1) is 17.0. The summed E-state index contributed by atoms with van der Waals surface area (Å²) in [4.78, 5) is 25.4. The van der Waals surface area contributed by atoms with Gasteiger partial charge in [-0.25, -0.2) is 4.79 Å². The number of rotatable bonds is 6. The molecule has 1 spiro atoms. The van der Waals surface area contributed by atoms with Crippen LogP contribution < -0.4 is 10.1 Å². The number of carbonyl (C=O) groups is 2. The summed E-state index contributed by atoms with van der Waals surface area (Å²) in [6.07, 6.45) is -1.55. The van der Waals surface area contributed by atoms with Gasteiger partial charge in [0.15, 0.2) is 0 Å². The number of para-hydroxylation sites is 1. The molecule has 4 rings (SSSR count). The number of fused-ring (bicyclic) bond motifs is 1. The Morgan fingerprint density at radius 2 is 1.86 bits per heavy atom. The second kappa shape index (κ2) is 12.1. The van der Waals surface area contributed by atoms with E-state index in [1.54, 1.807) is 0 Å². The number of hydrogen-bond donors (Lipinski definition) is 2. The van der Waals surface area contributed by atoms with Crippen molar-refractivity contribution in [3.8, 4) is 5.75 Å². The Balaban J connectivity index is 0.000000454. The van der Waals surface area contributed by atoms with E-state index in [1.165, 1.54) is 10.4 Å². The molecule has 2 aliphatic heterocycles. The van der Waals surface area contributed by atoms with Crippen molar-refractivity contribution >= 4 is 23.2 Å². The molecular weight excluding hydrogens is 493 g/mol. The van der Waals surface area contributed by atoms with Crippen LogP contribution in [0.15, 0.2) is 41.8 Å². The summed E-state index contributed by atoms with van der Waals surface area (Å²) in [5.41, 5.74) is 1.06. The molecule has 2 N–H and O–H groups in total. The van der Waals surface area contributed by atoms with Gasteiger partial charge < -0.3 is 15.2 Å². The number of aliphatic carboxylic acids is 1. The topological polar surface area (TPSA) is 78.9 Å². The number of likely N-dealkylation sites (tertiary alicyclic amines) is 1. The van der Waals surface area contributed by atoms with E-state index in [0.29, 0.717) is 12.3 Å². The highest BCUT2D eigenvalue weighted by Crippen LogP contribution is 2.46. The quantitative estimate of drug-likeness (QED) is 0.524. The maximum Gasteiger partial charge on any atom is 0.490 e. The molecule has 0 aliphatic carbocycles. The van der Waals surface area contributed by atoms with Crippen molar-refractivity contribution in [1.82, 2.24) is 10.2 Å². The lowest BCUT2D eigenvalue weighted by atomic mass is 9.76. The van der Waals surface area contributed by atoms with Crippen LogP contribution in [0.5, 0.6) is 5.75 Å². The maximum atomic E-state index is 12.6. The number of thiophene rings is 1. The standard InChI is InChI=1S/C24H32N2O2S.C2HF3O2/c1-18(2)16-25-23(27)14-19-15-24(28-22-8-4-3-7-21(19)22)9-11-26(12-10-24)17-20-6-5-13-29-20;3-2(4,5)1(6)7/h3-8,13,18-19H,9-12,14-17H2,1-2H3,(H,25,27);(H,6,7). The van der Waals surface area contributed by atoms with Crippen molar-refractivity contribution < 1.29 is 32.6 Å². The van der Waals surface area contributed by atoms with E-state index in [-0.39, 0.29) is 17.4 Å². The summed E-state index contributed by atoms with van der Waals surface area (Å²) >= 11 is 1.83. The number of nitrogens with one attached hydrogen (secondary N) is 1. The maximum absolute atomic E-state index is 12.6. The fourth-order valence-electron chi connectivity index (χ4n) is 4.59. The number of benzene rings is 1. The molecular formula is C26H33F3N2O4S. The molecule has 1 unspecified atom stereocenters. The monoisotopic (exact) mass is 526 g/mol. The van der Waals surface area contributed by atoms with Crippen LogP contribution in [0.2, 0.25) is 0 Å². The minimum absolute atomic E-state index is 0.136. The summed E-state index contributed by atoms with van der Waals surface area (Å²) in [6.45, 7) is 8.13. The number of nitrogens with zero attached hydrogens (tertiary/aromatic N) is 1. The van der Waals surface area contributed by atoms with Crippen molar-refractivity contribution in [3.63, 3.8) is 0 Å². The zero-order chi connectivity index (χ0) is 26.3. The van der Waals surface area contributed by atoms with E-state index in [9.17, 15) is 18.0 Å². The average molecular weight is 527 g/mol. The van der Waals surface area contributed by atoms with Gasteiger partial charge in [0.2, 0.25) is 5.91 Å². The van der Waals surface area contributed by atoms with Crippen molar-refractivity contribution in [2.24, 2.45) is 5.92 Å². The predicted octanol–water partition coefficient (Wildman–Crippen LogP) is 5.44. The van der Waals surface area contributed by atoms with Gasteiger partial charge in [0.05, 0.1) is 0 Å². The SMILES string of the molecule is CC(C)CNC(=O)CC1CC2(CCN(Cc3cccs3)CC2)Oc2ccccc21.O=C(O)C(F)(F)F. The average Bonchev–Trinajstić information content (AvgIpc) is 3.32. The van der Waals surface area contributed by atoms with Crippen LogP contribution in [-0.4, -0.2) is 53.3 Å². The lowest BCUT2D eigenvalue weighted by Gasteiger charge is -2.47. The molecule has 36 heavy (non-hydrogen) atoms. The molecule has 1 atom stereocenters. The molecule has 0 bridgehead atoms. The number of halogens is 3. The first-order valence-electron chi connectivity index (χ1n) is 12.1. The zero-order valence-electron chi connectivity index (χ0n) is 20.5. The van der Waals surface area contributed by atoms with Crippen LogP contribution in [0.1, 0.15) is 55.9 Å². The van der Waals surface area contributed by atoms with Crippen molar-refractivity contribution in [3.05, 3.63) is 52.2 Å². The van der Waals surface area contributed by atoms with Gasteiger partial charge in [-0.3, -0.25) is 9.69 Å². The van der Waals surface area contributed by atoms with Crippen LogP contribution in [0.25, 0.3) is 0 Å². The lowest BCUT2D eigenvalue weighted by molar-refractivity contribution is -0.192. The molecule has 0 radical (unpaired) electrons. The van der Waals surface area contributed by atoms with Crippen molar-refractivity contribution in [2.45, 2.75) is 63.8 Å². The minimum atomic E-state index is -5.08. The van der Waals surface area contributed by atoms with E-state index in [4.69, 9.17) is 14.6 Å². The highest BCUT2D eigenvalue weighted by Gasteiger charge is 2.43. The highest BCUT2D eigenvalue weighted by molar-refractivity contribution is 7.09. The first kappa shape index (κ1) is 28.0. The van der Waals surface area contributed by atoms with Crippen LogP contribution in [-0.2, 0) is 16.1 Å². The van der Waals surface area contributed by atoms with E-state index in [2.05, 4.69) is 59.8 Å². The molecule has 1 fully saturated rings. The van der Waals surface area contributed by atoms with Crippen molar-refractivity contribution in [2.75, 3.05) is 19.6 Å². The number of hydrogen-bond acceptors (Lipinski definition) is 5. The molecule has 10 heteroatoms. The number of carbonyl (C=O) groups excluding carboxylic acids is 1. The Morgan fingerprint density at radius 3 is 2.44 bits per heavy atom. The third-order valence-corrected chi connectivity index (χ3v) is 7.27. The number of amides is 1. The Morgan fingerprint density at radius 1 is 1.19 bits per heavy atom. The summed E-state index contributed by atoms with van der Waals surface area (Å²) < 4.78 is 38.3. The Kier molecular flexibility index (Phi) is 9.41. The van der Waals surface area contributed by atoms with E-state index in [0.717, 1.165) is 51.2 Å². The van der Waals surface area contributed by atoms with Crippen LogP contribution in [0, 0.1) is 5.92 Å². The van der Waals surface area contributed by atoms with Gasteiger partial charge in [0.1, 0.15) is 11.4 Å². The van der Waals surface area contributed by atoms with Gasteiger partial charge in [-0.15, -0.1) is 11.3 Å². The molecule has 1 aromatic carbocycles. The first-order valence-corrected chi connectivity index (χ1v) is 12.9. The van der Waals surface area contributed by atoms with Crippen molar-refractivity contribution in [1.29, 1.82) is 0 Å². The molecule has 2 aliphatic rings. The van der Waals surface area contributed by atoms with Crippen LogP contribution >= 0.6 is 11.3 Å². The summed E-state index contributed by atoms with van der Waals surface area (Å²) in [6, 6.07) is 12.7. The highest BCUT2D eigenvalue weighted by atomic mass is 32.1. The fraction of sp³-hybridized carbons (Fsp3) is 0.538. The normalized spacial score (nSPS) is 19.1. The smallest absolute Gasteiger partial charge is 0.487 e.